The van der Waals surface area contributed by atoms with Gasteiger partial charge in [0.25, 0.3) is 5.91 Å². The molecular weight excluding hydrogens is 419 g/mol. The average molecular weight is 440 g/mol. The molecule has 0 fully saturated rings. The molecule has 0 bridgehead atoms. The van der Waals surface area contributed by atoms with Crippen LogP contribution in [0.2, 0.25) is 0 Å². The number of hydrogen-bond acceptors (Lipinski definition) is 6. The lowest BCUT2D eigenvalue weighted by molar-refractivity contribution is -0.129. The molecule has 0 aliphatic carbocycles. The Balaban J connectivity index is 1.71. The molecule has 1 aromatic carbocycles. The van der Waals surface area contributed by atoms with Crippen molar-refractivity contribution >= 4 is 23.0 Å². The van der Waals surface area contributed by atoms with Crippen LogP contribution in [0.25, 0.3) is 0 Å². The zero-order valence-electron chi connectivity index (χ0n) is 17.3. The van der Waals surface area contributed by atoms with Crippen LogP contribution in [0.1, 0.15) is 43.5 Å². The molecule has 1 unspecified atom stereocenters. The molecule has 6 nitrogen and oxygen atoms in total. The van der Waals surface area contributed by atoms with Gasteiger partial charge in [0.05, 0.1) is 21.2 Å². The lowest BCUT2D eigenvalue weighted by Crippen LogP contribution is -2.32. The third kappa shape index (κ3) is 3.90. The standard InChI is InChI=1S/C23H21FN2O4S/c1-12-4-9-17(30-12)19-18(20(27)22-13(2)25-14(3)31-22)21(28)23(29)26(19)11-10-15-5-7-16(24)8-6-15/h4-9,19,28H,10-11H2,1-3H3. The molecule has 4 rings (SSSR count). The number of carbonyl (C=O) groups excluding carboxylic acids is 2. The van der Waals surface area contributed by atoms with Crippen LogP contribution >= 0.6 is 11.3 Å². The molecule has 0 saturated heterocycles. The number of furan rings is 1. The van der Waals surface area contributed by atoms with Crippen molar-refractivity contribution < 1.29 is 23.5 Å². The van der Waals surface area contributed by atoms with Crippen molar-refractivity contribution in [2.24, 2.45) is 0 Å². The number of aliphatic hydroxyl groups excluding tert-OH is 1. The molecule has 160 valence electrons. The van der Waals surface area contributed by atoms with Crippen molar-refractivity contribution in [3.63, 3.8) is 0 Å². The minimum absolute atomic E-state index is 0.00907. The number of ketones is 1. The first kappa shape index (κ1) is 21.0. The number of halogens is 1. The highest BCUT2D eigenvalue weighted by atomic mass is 32.1. The van der Waals surface area contributed by atoms with E-state index >= 15 is 0 Å². The quantitative estimate of drug-likeness (QED) is 0.566. The van der Waals surface area contributed by atoms with Crippen LogP contribution in [-0.4, -0.2) is 33.2 Å². The Morgan fingerprint density at radius 3 is 2.48 bits per heavy atom. The summed E-state index contributed by atoms with van der Waals surface area (Å²) in [6, 6.07) is 8.60. The molecule has 1 atom stereocenters. The second-order valence-electron chi connectivity index (χ2n) is 7.46. The van der Waals surface area contributed by atoms with E-state index in [2.05, 4.69) is 4.98 Å². The number of amides is 1. The Bertz CT molecular complexity index is 1190. The normalized spacial score (nSPS) is 16.5. The third-order valence-corrected chi connectivity index (χ3v) is 6.31. The molecule has 0 saturated carbocycles. The van der Waals surface area contributed by atoms with Crippen molar-refractivity contribution in [1.82, 2.24) is 9.88 Å². The first-order chi connectivity index (χ1) is 14.8. The molecule has 1 amide bonds. The van der Waals surface area contributed by atoms with Gasteiger partial charge >= 0.3 is 0 Å². The van der Waals surface area contributed by atoms with E-state index in [-0.39, 0.29) is 17.9 Å². The van der Waals surface area contributed by atoms with E-state index in [9.17, 15) is 19.1 Å². The van der Waals surface area contributed by atoms with Gasteiger partial charge in [0.2, 0.25) is 5.78 Å². The molecule has 31 heavy (non-hydrogen) atoms. The maximum Gasteiger partial charge on any atom is 0.290 e. The number of aromatic nitrogens is 1. The molecule has 1 aliphatic heterocycles. The van der Waals surface area contributed by atoms with Crippen molar-refractivity contribution in [3.8, 4) is 0 Å². The summed E-state index contributed by atoms with van der Waals surface area (Å²) in [6.45, 7) is 5.51. The number of hydrogen-bond donors (Lipinski definition) is 1. The van der Waals surface area contributed by atoms with E-state index in [0.717, 1.165) is 10.6 Å². The number of rotatable bonds is 6. The summed E-state index contributed by atoms with van der Waals surface area (Å²) in [5, 5.41) is 11.4. The molecule has 1 aliphatic rings. The highest BCUT2D eigenvalue weighted by Gasteiger charge is 2.45. The summed E-state index contributed by atoms with van der Waals surface area (Å²) >= 11 is 1.23. The van der Waals surface area contributed by atoms with Crippen LogP contribution in [0.15, 0.2) is 52.1 Å². The van der Waals surface area contributed by atoms with E-state index in [1.165, 1.54) is 28.4 Å². The molecule has 3 heterocycles. The number of aliphatic hydroxyl groups is 1. The van der Waals surface area contributed by atoms with Crippen LogP contribution in [0.5, 0.6) is 0 Å². The van der Waals surface area contributed by atoms with Crippen molar-refractivity contribution in [1.29, 1.82) is 0 Å². The fraction of sp³-hybridized carbons (Fsp3) is 0.261. The summed E-state index contributed by atoms with van der Waals surface area (Å²) in [6.07, 6.45) is 0.426. The largest absolute Gasteiger partial charge is 0.503 e. The highest BCUT2D eigenvalue weighted by Crippen LogP contribution is 2.40. The zero-order valence-corrected chi connectivity index (χ0v) is 18.1. The average Bonchev–Trinajstić information content (AvgIpc) is 3.38. The molecule has 0 spiro atoms. The summed E-state index contributed by atoms with van der Waals surface area (Å²) in [5.41, 5.74) is 1.38. The molecule has 3 aromatic rings. The van der Waals surface area contributed by atoms with Gasteiger partial charge in [0.1, 0.15) is 23.4 Å². The minimum atomic E-state index is -0.851. The number of aryl methyl sites for hydroxylation is 3. The molecular formula is C23H21FN2O4S. The number of Topliss-reactive ketones (excluding diaryl/α,β-unsaturated/α-hetero) is 1. The van der Waals surface area contributed by atoms with Crippen LogP contribution in [0, 0.1) is 26.6 Å². The van der Waals surface area contributed by atoms with Gasteiger partial charge in [0, 0.05) is 6.54 Å². The van der Waals surface area contributed by atoms with Gasteiger partial charge in [-0.2, -0.15) is 0 Å². The Hall–Kier alpha value is -3.26. The lowest BCUT2D eigenvalue weighted by atomic mass is 9.99. The summed E-state index contributed by atoms with van der Waals surface area (Å²) in [5.74, 6) is -0.957. The Labute approximate surface area is 182 Å². The van der Waals surface area contributed by atoms with Gasteiger partial charge in [0.15, 0.2) is 5.76 Å². The van der Waals surface area contributed by atoms with Crippen LogP contribution in [-0.2, 0) is 11.2 Å². The van der Waals surface area contributed by atoms with Crippen LogP contribution in [0.4, 0.5) is 4.39 Å². The zero-order chi connectivity index (χ0) is 22.3. The second-order valence-corrected chi connectivity index (χ2v) is 8.67. The summed E-state index contributed by atoms with van der Waals surface area (Å²) in [7, 11) is 0. The SMILES string of the molecule is Cc1ccc(C2C(C(=O)c3sc(C)nc3C)=C(O)C(=O)N2CCc2ccc(F)cc2)o1. The molecule has 8 heteroatoms. The monoisotopic (exact) mass is 440 g/mol. The van der Waals surface area contributed by atoms with Gasteiger partial charge in [-0.15, -0.1) is 11.3 Å². The Kier molecular flexibility index (Phi) is 5.49. The maximum atomic E-state index is 13.4. The first-order valence-corrected chi connectivity index (χ1v) is 10.6. The second kappa shape index (κ2) is 8.11. The number of thiazole rings is 1. The predicted molar refractivity (Wildman–Crippen MR) is 114 cm³/mol. The maximum absolute atomic E-state index is 13.4. The first-order valence-electron chi connectivity index (χ1n) is 9.80. The van der Waals surface area contributed by atoms with E-state index in [1.807, 2.05) is 0 Å². The fourth-order valence-corrected chi connectivity index (χ4v) is 4.65. The number of benzene rings is 1. The minimum Gasteiger partial charge on any atom is -0.503 e. The molecule has 1 N–H and O–H groups in total. The van der Waals surface area contributed by atoms with Gasteiger partial charge in [-0.25, -0.2) is 9.37 Å². The summed E-state index contributed by atoms with van der Waals surface area (Å²) in [4.78, 5) is 32.4. The smallest absolute Gasteiger partial charge is 0.290 e. The van der Waals surface area contributed by atoms with Crippen LogP contribution < -0.4 is 0 Å². The molecule has 0 radical (unpaired) electrons. The highest BCUT2D eigenvalue weighted by molar-refractivity contribution is 7.14. The van der Waals surface area contributed by atoms with Gasteiger partial charge in [-0.3, -0.25) is 9.59 Å². The lowest BCUT2D eigenvalue weighted by Gasteiger charge is -2.25. The number of nitrogens with zero attached hydrogens (tertiary/aromatic N) is 2. The van der Waals surface area contributed by atoms with Gasteiger partial charge in [-0.05, 0) is 57.0 Å². The van der Waals surface area contributed by atoms with Crippen molar-refractivity contribution in [2.45, 2.75) is 33.2 Å². The predicted octanol–water partition coefficient (Wildman–Crippen LogP) is 4.62. The molecule has 2 aromatic heterocycles. The van der Waals surface area contributed by atoms with E-state index in [0.29, 0.717) is 28.5 Å². The number of carbonyl (C=O) groups is 2. The Morgan fingerprint density at radius 1 is 1.19 bits per heavy atom. The van der Waals surface area contributed by atoms with E-state index in [4.69, 9.17) is 4.42 Å². The topological polar surface area (TPSA) is 83.6 Å². The van der Waals surface area contributed by atoms with Gasteiger partial charge < -0.3 is 14.4 Å². The van der Waals surface area contributed by atoms with Crippen molar-refractivity contribution in [3.05, 3.63) is 86.2 Å². The Morgan fingerprint density at radius 2 is 1.90 bits per heavy atom. The van der Waals surface area contributed by atoms with Crippen molar-refractivity contribution in [2.75, 3.05) is 6.54 Å². The third-order valence-electron chi connectivity index (χ3n) is 5.24. The summed E-state index contributed by atoms with van der Waals surface area (Å²) < 4.78 is 19.0. The van der Waals surface area contributed by atoms with E-state index in [1.54, 1.807) is 45.0 Å². The fourth-order valence-electron chi connectivity index (χ4n) is 3.78. The van der Waals surface area contributed by atoms with Gasteiger partial charge in [-0.1, -0.05) is 12.1 Å². The van der Waals surface area contributed by atoms with Crippen LogP contribution in [0.3, 0.4) is 0 Å². The van der Waals surface area contributed by atoms with E-state index < -0.39 is 23.5 Å².